The number of rotatable bonds is 10. The van der Waals surface area contributed by atoms with Crippen LogP contribution in [0.2, 0.25) is 0 Å². The monoisotopic (exact) mass is 658 g/mol. The van der Waals surface area contributed by atoms with Gasteiger partial charge in [0.15, 0.2) is 0 Å². The van der Waals surface area contributed by atoms with Gasteiger partial charge in [-0.1, -0.05) is 158 Å². The standard InChI is InChI=1S/C43H35N2O3P/c1-49(46,47-44(30-32-16-4-2-5-17-32)42-38-24-12-8-20-34(38)28-35-21-9-13-25-39(35)42)48-45(31-33-18-6-3-7-19-33)43-40-26-14-10-22-36(40)29-37-23-11-15-27-41(37)43/h2-29H,30-31H2,1H3. The Labute approximate surface area is 286 Å². The Morgan fingerprint density at radius 3 is 1.04 bits per heavy atom. The molecule has 0 aliphatic rings. The van der Waals surface area contributed by atoms with Gasteiger partial charge in [-0.3, -0.25) is 4.57 Å². The fourth-order valence-corrected chi connectivity index (χ4v) is 7.71. The molecule has 0 atom stereocenters. The van der Waals surface area contributed by atoms with Crippen LogP contribution in [0, 0.1) is 0 Å². The molecule has 0 heterocycles. The predicted molar refractivity (Wildman–Crippen MR) is 204 cm³/mol. The number of hydrogen-bond acceptors (Lipinski definition) is 5. The number of anilines is 2. The van der Waals surface area contributed by atoms with Gasteiger partial charge in [-0.15, -0.1) is 0 Å². The van der Waals surface area contributed by atoms with Crippen LogP contribution in [-0.2, 0) is 26.9 Å². The second kappa shape index (κ2) is 13.2. The van der Waals surface area contributed by atoms with E-state index in [1.165, 1.54) is 0 Å². The van der Waals surface area contributed by atoms with Crippen LogP contribution in [0.4, 0.5) is 11.4 Å². The number of fused-ring (bicyclic) bond motifs is 4. The highest BCUT2D eigenvalue weighted by molar-refractivity contribution is 7.53. The summed E-state index contributed by atoms with van der Waals surface area (Å²) in [6.45, 7) is 2.27. The first-order valence-electron chi connectivity index (χ1n) is 16.4. The summed E-state index contributed by atoms with van der Waals surface area (Å²) in [6.07, 6.45) is 0. The summed E-state index contributed by atoms with van der Waals surface area (Å²) in [5.74, 6) is 0. The minimum Gasteiger partial charge on any atom is -0.256 e. The second-order valence-electron chi connectivity index (χ2n) is 12.3. The van der Waals surface area contributed by atoms with Gasteiger partial charge in [0.05, 0.1) is 24.5 Å². The van der Waals surface area contributed by atoms with Crippen molar-refractivity contribution in [1.82, 2.24) is 0 Å². The molecule has 240 valence electrons. The van der Waals surface area contributed by atoms with Gasteiger partial charge in [-0.25, -0.2) is 10.1 Å². The molecule has 0 spiro atoms. The molecule has 5 nitrogen and oxygen atoms in total. The first-order valence-corrected chi connectivity index (χ1v) is 18.4. The van der Waals surface area contributed by atoms with Crippen molar-refractivity contribution in [3.8, 4) is 0 Å². The maximum Gasteiger partial charge on any atom is 0.370 e. The lowest BCUT2D eigenvalue weighted by Gasteiger charge is -2.33. The Kier molecular flexibility index (Phi) is 8.32. The first-order chi connectivity index (χ1) is 24.0. The van der Waals surface area contributed by atoms with Crippen LogP contribution < -0.4 is 10.1 Å². The van der Waals surface area contributed by atoms with Crippen molar-refractivity contribution in [2.24, 2.45) is 0 Å². The van der Waals surface area contributed by atoms with E-state index in [1.807, 2.05) is 84.9 Å². The molecule has 0 unspecified atom stereocenters. The third kappa shape index (κ3) is 6.40. The molecule has 0 saturated carbocycles. The summed E-state index contributed by atoms with van der Waals surface area (Å²) in [5, 5.41) is 11.8. The van der Waals surface area contributed by atoms with E-state index in [1.54, 1.807) is 16.8 Å². The van der Waals surface area contributed by atoms with Gasteiger partial charge in [0.1, 0.15) is 0 Å². The molecule has 0 saturated heterocycles. The minimum atomic E-state index is -3.87. The molecule has 0 aliphatic carbocycles. The Bertz CT molecular complexity index is 2190. The highest BCUT2D eigenvalue weighted by Crippen LogP contribution is 2.51. The number of hydroxylamine groups is 2. The molecule has 0 aliphatic heterocycles. The number of nitrogens with zero attached hydrogens (tertiary/aromatic N) is 2. The van der Waals surface area contributed by atoms with Gasteiger partial charge in [-0.2, -0.15) is 9.25 Å². The van der Waals surface area contributed by atoms with Crippen molar-refractivity contribution in [2.75, 3.05) is 16.8 Å². The van der Waals surface area contributed by atoms with E-state index in [-0.39, 0.29) is 0 Å². The van der Waals surface area contributed by atoms with Crippen LogP contribution in [0.25, 0.3) is 43.1 Å². The minimum absolute atomic E-state index is 0.357. The van der Waals surface area contributed by atoms with E-state index < -0.39 is 7.60 Å². The topological polar surface area (TPSA) is 42.0 Å². The SMILES string of the molecule is CP(=O)(ON(Cc1ccccc1)c1c2ccccc2cc2ccccc12)ON(Cc1ccccc1)c1c2ccccc2cc2ccccc12. The van der Waals surface area contributed by atoms with Crippen molar-refractivity contribution in [3.05, 3.63) is 181 Å². The van der Waals surface area contributed by atoms with Crippen LogP contribution in [0.1, 0.15) is 11.1 Å². The third-order valence-corrected chi connectivity index (χ3v) is 9.80. The normalized spacial score (nSPS) is 11.8. The number of hydrogen-bond donors (Lipinski definition) is 0. The highest BCUT2D eigenvalue weighted by atomic mass is 31.2. The molecule has 6 heteroatoms. The van der Waals surface area contributed by atoms with E-state index in [0.717, 1.165) is 65.6 Å². The zero-order chi connectivity index (χ0) is 33.2. The van der Waals surface area contributed by atoms with Crippen molar-refractivity contribution < 1.29 is 13.8 Å². The van der Waals surface area contributed by atoms with Crippen molar-refractivity contribution >= 4 is 62.1 Å². The summed E-state index contributed by atoms with van der Waals surface area (Å²) in [6, 6.07) is 57.6. The Morgan fingerprint density at radius 1 is 0.429 bits per heavy atom. The molecule has 8 aromatic rings. The maximum atomic E-state index is 15.0. The lowest BCUT2D eigenvalue weighted by atomic mass is 10.0. The fraction of sp³-hybridized carbons (Fsp3) is 0.0698. The number of benzene rings is 8. The lowest BCUT2D eigenvalue weighted by Crippen LogP contribution is -2.27. The molecule has 0 fully saturated rings. The quantitative estimate of drug-likeness (QED) is 0.0831. The zero-order valence-corrected chi connectivity index (χ0v) is 28.0. The average molecular weight is 659 g/mol. The van der Waals surface area contributed by atoms with E-state index in [4.69, 9.17) is 9.25 Å². The lowest BCUT2D eigenvalue weighted by molar-refractivity contribution is 0.176. The van der Waals surface area contributed by atoms with Crippen LogP contribution in [-0.4, -0.2) is 6.66 Å². The van der Waals surface area contributed by atoms with Gasteiger partial charge in [0.25, 0.3) is 0 Å². The summed E-state index contributed by atoms with van der Waals surface area (Å²) in [4.78, 5) is 0. The summed E-state index contributed by atoms with van der Waals surface area (Å²) >= 11 is 0. The molecule has 0 bridgehead atoms. The molecular formula is C43H35N2O3P. The van der Waals surface area contributed by atoms with Crippen molar-refractivity contribution in [3.63, 3.8) is 0 Å². The largest absolute Gasteiger partial charge is 0.370 e. The molecule has 49 heavy (non-hydrogen) atoms. The van der Waals surface area contributed by atoms with Crippen LogP contribution in [0.5, 0.6) is 0 Å². The molecular weight excluding hydrogens is 623 g/mol. The van der Waals surface area contributed by atoms with Gasteiger partial charge < -0.3 is 0 Å². The Hall–Kier alpha value is -5.45. The molecule has 0 amide bonds. The zero-order valence-electron chi connectivity index (χ0n) is 27.1. The second-order valence-corrected chi connectivity index (χ2v) is 14.2. The maximum absolute atomic E-state index is 15.0. The van der Waals surface area contributed by atoms with Crippen molar-refractivity contribution in [1.29, 1.82) is 0 Å². The van der Waals surface area contributed by atoms with Gasteiger partial charge >= 0.3 is 7.60 Å². The van der Waals surface area contributed by atoms with Gasteiger partial charge in [0.2, 0.25) is 0 Å². The fourth-order valence-electron chi connectivity index (χ4n) is 6.69. The summed E-state index contributed by atoms with van der Waals surface area (Å²) in [7, 11) is -3.87. The van der Waals surface area contributed by atoms with Crippen LogP contribution >= 0.6 is 7.60 Å². The highest BCUT2D eigenvalue weighted by Gasteiger charge is 2.30. The summed E-state index contributed by atoms with van der Waals surface area (Å²) < 4.78 is 28.3. The van der Waals surface area contributed by atoms with Crippen LogP contribution in [0.3, 0.4) is 0 Å². The van der Waals surface area contributed by atoms with Crippen molar-refractivity contribution in [2.45, 2.75) is 13.1 Å². The molecule has 8 rings (SSSR count). The first kappa shape index (κ1) is 30.9. The molecule has 0 N–H and O–H groups in total. The summed E-state index contributed by atoms with van der Waals surface area (Å²) in [5.41, 5.74) is 3.71. The van der Waals surface area contributed by atoms with Crippen LogP contribution in [0.15, 0.2) is 170 Å². The smallest absolute Gasteiger partial charge is 0.256 e. The van der Waals surface area contributed by atoms with E-state index in [9.17, 15) is 4.57 Å². The Balaban J connectivity index is 1.27. The van der Waals surface area contributed by atoms with E-state index in [0.29, 0.717) is 13.1 Å². The molecule has 0 radical (unpaired) electrons. The van der Waals surface area contributed by atoms with Gasteiger partial charge in [-0.05, 0) is 44.8 Å². The van der Waals surface area contributed by atoms with E-state index >= 15 is 0 Å². The molecule has 0 aromatic heterocycles. The van der Waals surface area contributed by atoms with Gasteiger partial charge in [0, 0.05) is 28.2 Å². The third-order valence-electron chi connectivity index (χ3n) is 8.82. The van der Waals surface area contributed by atoms with E-state index in [2.05, 4.69) is 84.9 Å². The Morgan fingerprint density at radius 2 is 0.714 bits per heavy atom. The predicted octanol–water partition coefficient (Wildman–Crippen LogP) is 11.7. The molecule has 8 aromatic carbocycles. The average Bonchev–Trinajstić information content (AvgIpc) is 3.13.